The number of H-pyrrole nitrogens is 1. The summed E-state index contributed by atoms with van der Waals surface area (Å²) in [6.45, 7) is 1.73. The first-order valence-corrected chi connectivity index (χ1v) is 13.4. The molecule has 4 rings (SSSR count). The minimum atomic E-state index is -3.47. The van der Waals surface area contributed by atoms with E-state index in [0.29, 0.717) is 19.6 Å². The van der Waals surface area contributed by atoms with Gasteiger partial charge in [0.1, 0.15) is 5.82 Å². The number of piperidine rings is 1. The molecule has 2 aromatic carbocycles. The molecular formula is C26H31FN4O3S. The molecule has 1 saturated heterocycles. The summed E-state index contributed by atoms with van der Waals surface area (Å²) in [5.74, 6) is -0.302. The van der Waals surface area contributed by atoms with Gasteiger partial charge in [-0.3, -0.25) is 9.89 Å². The lowest BCUT2D eigenvalue weighted by Crippen LogP contribution is -2.35. The Kier molecular flexibility index (Phi) is 7.97. The number of hydrogen-bond acceptors (Lipinski definition) is 4. The molecular weight excluding hydrogens is 467 g/mol. The Balaban J connectivity index is 1.25. The third-order valence-corrected chi connectivity index (χ3v) is 8.28. The number of nitrogens with one attached hydrogen (secondary N) is 1. The van der Waals surface area contributed by atoms with Crippen molar-refractivity contribution >= 4 is 15.9 Å². The third-order valence-electron chi connectivity index (χ3n) is 6.37. The number of halogens is 1. The molecule has 9 heteroatoms. The molecule has 7 nitrogen and oxygen atoms in total. The predicted octanol–water partition coefficient (Wildman–Crippen LogP) is 4.02. The van der Waals surface area contributed by atoms with E-state index in [1.807, 2.05) is 6.07 Å². The average molecular weight is 499 g/mol. The maximum Gasteiger partial charge on any atom is 0.243 e. The molecule has 0 radical (unpaired) electrons. The van der Waals surface area contributed by atoms with Crippen LogP contribution in [0.15, 0.2) is 59.5 Å². The number of amides is 1. The first-order chi connectivity index (χ1) is 16.8. The van der Waals surface area contributed by atoms with Crippen molar-refractivity contribution < 1.29 is 17.6 Å². The molecule has 1 aliphatic rings. The number of likely N-dealkylation sites (N-methyl/N-ethyl adjacent to an activating group) is 1. The highest BCUT2D eigenvalue weighted by Gasteiger charge is 2.25. The first kappa shape index (κ1) is 25.1. The predicted molar refractivity (Wildman–Crippen MR) is 133 cm³/mol. The van der Waals surface area contributed by atoms with E-state index in [9.17, 15) is 17.6 Å². The molecule has 1 aromatic heterocycles. The van der Waals surface area contributed by atoms with Gasteiger partial charge >= 0.3 is 0 Å². The maximum absolute atomic E-state index is 13.1. The molecule has 1 aliphatic heterocycles. The lowest BCUT2D eigenvalue weighted by molar-refractivity contribution is -0.129. The van der Waals surface area contributed by atoms with Crippen molar-refractivity contribution in [1.29, 1.82) is 0 Å². The Labute approximate surface area is 206 Å². The van der Waals surface area contributed by atoms with Gasteiger partial charge < -0.3 is 4.90 Å². The van der Waals surface area contributed by atoms with Crippen LogP contribution < -0.4 is 0 Å². The Morgan fingerprint density at radius 2 is 1.74 bits per heavy atom. The van der Waals surface area contributed by atoms with Crippen LogP contribution in [0.5, 0.6) is 0 Å². The van der Waals surface area contributed by atoms with Gasteiger partial charge in [0.2, 0.25) is 15.9 Å². The molecule has 186 valence electrons. The monoisotopic (exact) mass is 498 g/mol. The average Bonchev–Trinajstić information content (AvgIpc) is 3.34. The molecule has 0 atom stereocenters. The fourth-order valence-corrected chi connectivity index (χ4v) is 5.75. The minimum absolute atomic E-state index is 0.0201. The fourth-order valence-electron chi connectivity index (χ4n) is 4.23. The lowest BCUT2D eigenvalue weighted by atomic mass is 10.1. The second kappa shape index (κ2) is 11.1. The van der Waals surface area contributed by atoms with Crippen LogP contribution in [0.1, 0.15) is 36.9 Å². The summed E-state index contributed by atoms with van der Waals surface area (Å²) < 4.78 is 40.2. The highest BCUT2D eigenvalue weighted by Crippen LogP contribution is 2.21. The summed E-state index contributed by atoms with van der Waals surface area (Å²) in [5, 5.41) is 7.29. The number of sulfonamides is 1. The SMILES string of the molecule is CN(CCCc1cc(-c2ccc(F)cc2)n[nH]1)C(=O)Cc1ccc(S(=O)(=O)N2CCCCC2)cc1. The fraction of sp³-hybridized carbons (Fsp3) is 0.385. The smallest absolute Gasteiger partial charge is 0.243 e. The van der Waals surface area contributed by atoms with E-state index in [1.165, 1.54) is 12.1 Å². The summed E-state index contributed by atoms with van der Waals surface area (Å²) in [7, 11) is -1.69. The number of rotatable bonds is 9. The zero-order valence-corrected chi connectivity index (χ0v) is 20.7. The maximum atomic E-state index is 13.1. The van der Waals surface area contributed by atoms with Gasteiger partial charge in [0.25, 0.3) is 0 Å². The highest BCUT2D eigenvalue weighted by molar-refractivity contribution is 7.89. The van der Waals surface area contributed by atoms with E-state index in [4.69, 9.17) is 0 Å². The summed E-state index contributed by atoms with van der Waals surface area (Å²) in [6.07, 6.45) is 4.58. The van der Waals surface area contributed by atoms with Gasteiger partial charge in [-0.2, -0.15) is 9.40 Å². The zero-order chi connectivity index (χ0) is 24.8. The summed E-state index contributed by atoms with van der Waals surface area (Å²) >= 11 is 0. The number of aromatic amines is 1. The molecule has 35 heavy (non-hydrogen) atoms. The van der Waals surface area contributed by atoms with Crippen molar-refractivity contribution in [3.8, 4) is 11.3 Å². The summed E-state index contributed by atoms with van der Waals surface area (Å²) in [6, 6.07) is 14.8. The number of hydrogen-bond donors (Lipinski definition) is 1. The molecule has 0 aliphatic carbocycles. The second-order valence-electron chi connectivity index (χ2n) is 8.99. The van der Waals surface area contributed by atoms with Gasteiger partial charge in [-0.1, -0.05) is 18.6 Å². The topological polar surface area (TPSA) is 86.4 Å². The van der Waals surface area contributed by atoms with E-state index in [-0.39, 0.29) is 23.0 Å². The minimum Gasteiger partial charge on any atom is -0.345 e. The van der Waals surface area contributed by atoms with Crippen LogP contribution in [-0.2, 0) is 27.7 Å². The molecule has 1 amide bonds. The number of benzene rings is 2. The Bertz CT molecular complexity index is 1230. The number of aryl methyl sites for hydroxylation is 1. The number of aromatic nitrogens is 2. The van der Waals surface area contributed by atoms with Gasteiger partial charge in [0, 0.05) is 37.9 Å². The molecule has 0 unspecified atom stereocenters. The molecule has 3 aromatic rings. The van der Waals surface area contributed by atoms with Gasteiger partial charge in [-0.15, -0.1) is 0 Å². The highest BCUT2D eigenvalue weighted by atomic mass is 32.2. The van der Waals surface area contributed by atoms with E-state index < -0.39 is 10.0 Å². The molecule has 0 saturated carbocycles. The zero-order valence-electron chi connectivity index (χ0n) is 19.9. The quantitative estimate of drug-likeness (QED) is 0.483. The summed E-state index contributed by atoms with van der Waals surface area (Å²) in [5.41, 5.74) is 3.35. The van der Waals surface area contributed by atoms with Crippen LogP contribution in [0.25, 0.3) is 11.3 Å². The largest absolute Gasteiger partial charge is 0.345 e. The van der Waals surface area contributed by atoms with Gasteiger partial charge in [0.05, 0.1) is 17.0 Å². The van der Waals surface area contributed by atoms with Gasteiger partial charge in [-0.05, 0) is 73.7 Å². The van der Waals surface area contributed by atoms with Crippen LogP contribution in [0.2, 0.25) is 0 Å². The summed E-state index contributed by atoms with van der Waals surface area (Å²) in [4.78, 5) is 14.6. The van der Waals surface area contributed by atoms with E-state index in [2.05, 4.69) is 10.2 Å². The standard InChI is InChI=1S/C26H31FN4O3S/c1-30(15-5-6-23-19-25(29-28-23)21-9-11-22(27)12-10-21)26(32)18-20-7-13-24(14-8-20)35(33,34)31-16-3-2-4-17-31/h7-14,19H,2-6,15-18H2,1H3,(H,28,29). The molecule has 0 bridgehead atoms. The lowest BCUT2D eigenvalue weighted by Gasteiger charge is -2.25. The van der Waals surface area contributed by atoms with Crippen molar-refractivity contribution in [2.45, 2.75) is 43.4 Å². The van der Waals surface area contributed by atoms with Crippen molar-refractivity contribution in [3.63, 3.8) is 0 Å². The Morgan fingerprint density at radius 1 is 1.06 bits per heavy atom. The Hall–Kier alpha value is -3.04. The molecule has 0 spiro atoms. The number of nitrogens with zero attached hydrogens (tertiary/aromatic N) is 3. The van der Waals surface area contributed by atoms with Gasteiger partial charge in [-0.25, -0.2) is 12.8 Å². The van der Waals surface area contributed by atoms with Crippen LogP contribution in [0.3, 0.4) is 0 Å². The van der Waals surface area contributed by atoms with Crippen molar-refractivity contribution in [2.24, 2.45) is 0 Å². The number of carbonyl (C=O) groups excluding carboxylic acids is 1. The number of carbonyl (C=O) groups is 1. The van der Waals surface area contributed by atoms with Gasteiger partial charge in [0.15, 0.2) is 0 Å². The van der Waals surface area contributed by atoms with E-state index >= 15 is 0 Å². The van der Waals surface area contributed by atoms with Crippen molar-refractivity contribution in [1.82, 2.24) is 19.4 Å². The van der Waals surface area contributed by atoms with Crippen LogP contribution >= 0.6 is 0 Å². The van der Waals surface area contributed by atoms with Crippen LogP contribution in [0, 0.1) is 5.82 Å². The molecule has 1 N–H and O–H groups in total. The normalized spacial score (nSPS) is 14.7. The van der Waals surface area contributed by atoms with E-state index in [0.717, 1.165) is 54.6 Å². The second-order valence-corrected chi connectivity index (χ2v) is 10.9. The van der Waals surface area contributed by atoms with Crippen LogP contribution in [0.4, 0.5) is 4.39 Å². The molecule has 2 heterocycles. The first-order valence-electron chi connectivity index (χ1n) is 12.0. The Morgan fingerprint density at radius 3 is 2.43 bits per heavy atom. The molecule has 1 fully saturated rings. The van der Waals surface area contributed by atoms with Crippen molar-refractivity contribution in [2.75, 3.05) is 26.7 Å². The van der Waals surface area contributed by atoms with Crippen LogP contribution in [-0.4, -0.2) is 60.4 Å². The third kappa shape index (κ3) is 6.35. The van der Waals surface area contributed by atoms with Crippen molar-refractivity contribution in [3.05, 3.63) is 71.7 Å². The van der Waals surface area contributed by atoms with E-state index in [1.54, 1.807) is 52.7 Å².